The van der Waals surface area contributed by atoms with Gasteiger partial charge in [-0.25, -0.2) is 0 Å². The van der Waals surface area contributed by atoms with E-state index in [1.807, 2.05) is 0 Å². The topological polar surface area (TPSA) is 72.2 Å². The van der Waals surface area contributed by atoms with Crippen molar-refractivity contribution in [2.45, 2.75) is 0 Å². The second kappa shape index (κ2) is 7.06. The van der Waals surface area contributed by atoms with Gasteiger partial charge >= 0.3 is 0 Å². The lowest BCUT2D eigenvalue weighted by atomic mass is 10.2. The van der Waals surface area contributed by atoms with E-state index < -0.39 is 10.8 Å². The lowest BCUT2D eigenvalue weighted by Gasteiger charge is -2.03. The van der Waals surface area contributed by atoms with Crippen LogP contribution in [0.5, 0.6) is 0 Å². The fraction of sp³-hybridized carbons (Fsp3) is 0. The number of amides is 1. The molecule has 2 rings (SSSR count). The molecule has 0 aliphatic carbocycles. The van der Waals surface area contributed by atoms with Gasteiger partial charge in [0, 0.05) is 22.2 Å². The van der Waals surface area contributed by atoms with Crippen LogP contribution in [-0.4, -0.2) is 10.8 Å². The Labute approximate surface area is 136 Å². The van der Waals surface area contributed by atoms with Gasteiger partial charge in [0.05, 0.1) is 4.92 Å². The van der Waals surface area contributed by atoms with Gasteiger partial charge in [-0.1, -0.05) is 35.3 Å². The number of rotatable bonds is 4. The molecule has 0 unspecified atom stereocenters. The summed E-state index contributed by atoms with van der Waals surface area (Å²) in [5.74, 6) is -0.486. The number of hydrogen-bond donors (Lipinski definition) is 1. The molecule has 2 aromatic carbocycles. The minimum atomic E-state index is -0.607. The van der Waals surface area contributed by atoms with E-state index in [1.54, 1.807) is 30.3 Å². The molecule has 0 heterocycles. The molecule has 0 atom stereocenters. The highest BCUT2D eigenvalue weighted by Crippen LogP contribution is 2.27. The number of nitro groups is 1. The molecular formula is C15H10Cl2N2O3. The summed E-state index contributed by atoms with van der Waals surface area (Å²) in [4.78, 5) is 22.2. The average molecular weight is 337 g/mol. The average Bonchev–Trinajstić information content (AvgIpc) is 2.48. The van der Waals surface area contributed by atoms with Gasteiger partial charge in [0.2, 0.25) is 5.91 Å². The van der Waals surface area contributed by atoms with Crippen LogP contribution in [0.15, 0.2) is 48.5 Å². The second-order valence-electron chi connectivity index (χ2n) is 4.29. The molecule has 2 aromatic rings. The van der Waals surface area contributed by atoms with E-state index in [9.17, 15) is 14.9 Å². The van der Waals surface area contributed by atoms with Crippen molar-refractivity contribution in [3.63, 3.8) is 0 Å². The Bertz CT molecular complexity index is 743. The van der Waals surface area contributed by atoms with Crippen LogP contribution in [0.1, 0.15) is 5.56 Å². The number of nitrogens with one attached hydrogen (secondary N) is 1. The van der Waals surface area contributed by atoms with Crippen molar-refractivity contribution in [2.24, 2.45) is 0 Å². The third kappa shape index (κ3) is 4.31. The van der Waals surface area contributed by atoms with Crippen LogP contribution in [-0.2, 0) is 4.79 Å². The van der Waals surface area contributed by atoms with Gasteiger partial charge in [0.1, 0.15) is 5.69 Å². The maximum absolute atomic E-state index is 11.8. The summed E-state index contributed by atoms with van der Waals surface area (Å²) < 4.78 is 0. The minimum Gasteiger partial charge on any atom is -0.317 e. The molecule has 5 nitrogen and oxygen atoms in total. The van der Waals surface area contributed by atoms with Crippen molar-refractivity contribution in [2.75, 3.05) is 5.32 Å². The molecule has 0 aliphatic rings. The van der Waals surface area contributed by atoms with E-state index >= 15 is 0 Å². The Morgan fingerprint density at radius 1 is 1.09 bits per heavy atom. The molecule has 0 saturated heterocycles. The number of anilines is 1. The van der Waals surface area contributed by atoms with Crippen LogP contribution >= 0.6 is 23.2 Å². The van der Waals surface area contributed by atoms with Gasteiger partial charge in [0.15, 0.2) is 0 Å². The van der Waals surface area contributed by atoms with Gasteiger partial charge < -0.3 is 5.32 Å². The Morgan fingerprint density at radius 3 is 2.36 bits per heavy atom. The highest BCUT2D eigenvalue weighted by molar-refractivity contribution is 6.31. The van der Waals surface area contributed by atoms with E-state index in [4.69, 9.17) is 23.2 Å². The highest BCUT2D eigenvalue weighted by Gasteiger charge is 2.15. The number of nitro benzene ring substituents is 1. The number of hydrogen-bond acceptors (Lipinski definition) is 3. The molecule has 0 saturated carbocycles. The van der Waals surface area contributed by atoms with Crippen molar-refractivity contribution in [1.29, 1.82) is 0 Å². The van der Waals surface area contributed by atoms with E-state index in [1.165, 1.54) is 24.3 Å². The van der Waals surface area contributed by atoms with Gasteiger partial charge in [-0.15, -0.1) is 0 Å². The van der Waals surface area contributed by atoms with Crippen LogP contribution in [0.3, 0.4) is 0 Å². The third-order valence-corrected chi connectivity index (χ3v) is 3.20. The fourth-order valence-electron chi connectivity index (χ4n) is 1.68. The number of halogens is 2. The minimum absolute atomic E-state index is 0.0835. The summed E-state index contributed by atoms with van der Waals surface area (Å²) in [6, 6.07) is 10.9. The Balaban J connectivity index is 2.12. The fourth-order valence-corrected chi connectivity index (χ4v) is 1.97. The van der Waals surface area contributed by atoms with E-state index in [2.05, 4.69) is 5.32 Å². The summed E-state index contributed by atoms with van der Waals surface area (Å²) in [5.41, 5.74) is 0.603. The monoisotopic (exact) mass is 336 g/mol. The van der Waals surface area contributed by atoms with Crippen molar-refractivity contribution < 1.29 is 9.72 Å². The third-order valence-electron chi connectivity index (χ3n) is 2.71. The SMILES string of the molecule is O=C(C=Cc1ccc(Cl)cc1)Nc1ccc(Cl)cc1[N+](=O)[O-]. The molecule has 0 fully saturated rings. The summed E-state index contributed by atoms with van der Waals surface area (Å²) in [5, 5.41) is 14.2. The standard InChI is InChI=1S/C15H10Cl2N2O3/c16-11-4-1-10(2-5-11)3-8-15(20)18-13-7-6-12(17)9-14(13)19(21)22/h1-9H,(H,18,20). The Kier molecular flexibility index (Phi) is 5.14. The summed E-state index contributed by atoms with van der Waals surface area (Å²) in [6.45, 7) is 0. The van der Waals surface area contributed by atoms with Gasteiger partial charge in [-0.2, -0.15) is 0 Å². The smallest absolute Gasteiger partial charge is 0.294 e. The van der Waals surface area contributed by atoms with Crippen molar-refractivity contribution in [3.8, 4) is 0 Å². The zero-order valence-corrected chi connectivity index (χ0v) is 12.6. The van der Waals surface area contributed by atoms with Gasteiger partial charge in [-0.3, -0.25) is 14.9 Å². The van der Waals surface area contributed by atoms with Gasteiger partial charge in [-0.05, 0) is 35.9 Å². The first-order valence-corrected chi connectivity index (χ1v) is 6.90. The van der Waals surface area contributed by atoms with Crippen molar-refractivity contribution in [3.05, 3.63) is 74.3 Å². The number of benzene rings is 2. The zero-order chi connectivity index (χ0) is 16.1. The normalized spacial score (nSPS) is 10.6. The molecule has 22 heavy (non-hydrogen) atoms. The lowest BCUT2D eigenvalue weighted by Crippen LogP contribution is -2.09. The van der Waals surface area contributed by atoms with Crippen molar-refractivity contribution >= 4 is 46.6 Å². The summed E-state index contributed by atoms with van der Waals surface area (Å²) >= 11 is 11.5. The van der Waals surface area contributed by atoms with Crippen LogP contribution in [0.25, 0.3) is 6.08 Å². The molecule has 1 amide bonds. The highest BCUT2D eigenvalue weighted by atomic mass is 35.5. The molecule has 7 heteroatoms. The first kappa shape index (κ1) is 16.0. The lowest BCUT2D eigenvalue weighted by molar-refractivity contribution is -0.383. The largest absolute Gasteiger partial charge is 0.317 e. The van der Waals surface area contributed by atoms with Crippen LogP contribution < -0.4 is 5.32 Å². The zero-order valence-electron chi connectivity index (χ0n) is 11.1. The van der Waals surface area contributed by atoms with Crippen LogP contribution in [0.2, 0.25) is 10.0 Å². The molecule has 0 radical (unpaired) electrons. The van der Waals surface area contributed by atoms with Crippen LogP contribution in [0.4, 0.5) is 11.4 Å². The molecule has 0 aromatic heterocycles. The molecule has 1 N–H and O–H groups in total. The molecule has 0 bridgehead atoms. The van der Waals surface area contributed by atoms with E-state index in [-0.39, 0.29) is 16.4 Å². The predicted molar refractivity (Wildman–Crippen MR) is 87.2 cm³/mol. The molecular weight excluding hydrogens is 327 g/mol. The maximum atomic E-state index is 11.8. The summed E-state index contributed by atoms with van der Waals surface area (Å²) in [7, 11) is 0. The predicted octanol–water partition coefficient (Wildman–Crippen LogP) is 4.55. The first-order chi connectivity index (χ1) is 10.5. The Morgan fingerprint density at radius 2 is 1.73 bits per heavy atom. The Hall–Kier alpha value is -2.37. The van der Waals surface area contributed by atoms with Crippen LogP contribution in [0, 0.1) is 10.1 Å². The number of nitrogens with zero attached hydrogens (tertiary/aromatic N) is 1. The molecule has 0 aliphatic heterocycles. The van der Waals surface area contributed by atoms with E-state index in [0.717, 1.165) is 5.56 Å². The van der Waals surface area contributed by atoms with Gasteiger partial charge in [0.25, 0.3) is 5.69 Å². The second-order valence-corrected chi connectivity index (χ2v) is 5.17. The van der Waals surface area contributed by atoms with Crippen molar-refractivity contribution in [1.82, 2.24) is 0 Å². The molecule has 0 spiro atoms. The quantitative estimate of drug-likeness (QED) is 0.505. The van der Waals surface area contributed by atoms with E-state index in [0.29, 0.717) is 5.02 Å². The first-order valence-electron chi connectivity index (χ1n) is 6.14. The number of carbonyl (C=O) groups is 1. The summed E-state index contributed by atoms with van der Waals surface area (Å²) in [6.07, 6.45) is 2.86. The molecule has 112 valence electrons. The maximum Gasteiger partial charge on any atom is 0.294 e. The number of carbonyl (C=O) groups excluding carboxylic acids is 1.